The van der Waals surface area contributed by atoms with Gasteiger partial charge in [-0.05, 0) is 28.1 Å². The minimum atomic E-state index is -0.260. The quantitative estimate of drug-likeness (QED) is 0.768. The first kappa shape index (κ1) is 9.08. The Morgan fingerprint density at radius 3 is 2.86 bits per heavy atom. The molecule has 0 aromatic carbocycles. The highest BCUT2D eigenvalue weighted by atomic mass is 79.9. The summed E-state index contributed by atoms with van der Waals surface area (Å²) in [5.41, 5.74) is 0.315. The molecule has 14 heavy (non-hydrogen) atoms. The number of hydrogen-bond acceptors (Lipinski definition) is 4. The lowest BCUT2D eigenvalue weighted by atomic mass is 10.2. The molecule has 70 valence electrons. The van der Waals surface area contributed by atoms with E-state index in [0.717, 1.165) is 0 Å². The lowest BCUT2D eigenvalue weighted by Gasteiger charge is -1.95. The number of ketones is 1. The van der Waals surface area contributed by atoms with Crippen molar-refractivity contribution in [2.24, 2.45) is 0 Å². The summed E-state index contributed by atoms with van der Waals surface area (Å²) >= 11 is 3.21. The average Bonchev–Trinajstić information content (AvgIpc) is 2.65. The Hall–Kier alpha value is -1.49. The molecule has 0 saturated carbocycles. The van der Waals surface area contributed by atoms with E-state index in [1.54, 1.807) is 6.07 Å². The highest BCUT2D eigenvalue weighted by Crippen LogP contribution is 2.19. The van der Waals surface area contributed by atoms with Crippen molar-refractivity contribution < 1.29 is 9.21 Å². The monoisotopic (exact) mass is 252 g/mol. The number of carbonyl (C=O) groups excluding carboxylic acids is 1. The fourth-order valence-electron chi connectivity index (χ4n) is 0.997. The van der Waals surface area contributed by atoms with E-state index < -0.39 is 0 Å². The predicted molar refractivity (Wildman–Crippen MR) is 51.9 cm³/mol. The van der Waals surface area contributed by atoms with Gasteiger partial charge < -0.3 is 4.42 Å². The van der Waals surface area contributed by atoms with Gasteiger partial charge >= 0.3 is 0 Å². The topological polar surface area (TPSA) is 56.0 Å². The number of aromatic nitrogens is 2. The molecule has 0 aliphatic carbocycles. The molecule has 2 aromatic rings. The van der Waals surface area contributed by atoms with Crippen molar-refractivity contribution in [1.29, 1.82) is 0 Å². The molecule has 2 aromatic heterocycles. The summed E-state index contributed by atoms with van der Waals surface area (Å²) in [6, 6.07) is 3.20. The van der Waals surface area contributed by atoms with E-state index in [2.05, 4.69) is 25.9 Å². The van der Waals surface area contributed by atoms with Crippen molar-refractivity contribution in [1.82, 2.24) is 9.97 Å². The SMILES string of the molecule is O=C(c1ccncn1)c1occc1Br. The molecule has 0 saturated heterocycles. The Labute approximate surface area is 88.1 Å². The number of carbonyl (C=O) groups is 1. The number of nitrogens with zero attached hydrogens (tertiary/aromatic N) is 2. The zero-order valence-electron chi connectivity index (χ0n) is 6.98. The van der Waals surface area contributed by atoms with E-state index in [-0.39, 0.29) is 11.5 Å². The van der Waals surface area contributed by atoms with Crippen LogP contribution in [0.25, 0.3) is 0 Å². The van der Waals surface area contributed by atoms with E-state index in [4.69, 9.17) is 4.42 Å². The van der Waals surface area contributed by atoms with Crippen LogP contribution in [0.15, 0.2) is 39.8 Å². The van der Waals surface area contributed by atoms with Crippen molar-refractivity contribution in [3.05, 3.63) is 46.8 Å². The minimum Gasteiger partial charge on any atom is -0.460 e. The molecule has 0 radical (unpaired) electrons. The summed E-state index contributed by atoms with van der Waals surface area (Å²) < 4.78 is 5.65. The van der Waals surface area contributed by atoms with Gasteiger partial charge in [-0.25, -0.2) is 9.97 Å². The number of furan rings is 1. The number of rotatable bonds is 2. The molecule has 0 aliphatic heterocycles. The van der Waals surface area contributed by atoms with Gasteiger partial charge in [-0.15, -0.1) is 0 Å². The van der Waals surface area contributed by atoms with Crippen LogP contribution in [0.2, 0.25) is 0 Å². The van der Waals surface area contributed by atoms with Gasteiger partial charge in [0.1, 0.15) is 12.0 Å². The summed E-state index contributed by atoms with van der Waals surface area (Å²) in [5, 5.41) is 0. The molecule has 2 rings (SSSR count). The van der Waals surface area contributed by atoms with Crippen LogP contribution < -0.4 is 0 Å². The predicted octanol–water partition coefficient (Wildman–Crippen LogP) is 2.06. The maximum absolute atomic E-state index is 11.7. The van der Waals surface area contributed by atoms with Crippen molar-refractivity contribution in [2.75, 3.05) is 0 Å². The largest absolute Gasteiger partial charge is 0.460 e. The van der Waals surface area contributed by atoms with E-state index in [9.17, 15) is 4.79 Å². The molecule has 0 aliphatic rings. The third kappa shape index (κ3) is 1.58. The lowest BCUT2D eigenvalue weighted by molar-refractivity contribution is 0.100. The van der Waals surface area contributed by atoms with Gasteiger partial charge in [0.15, 0.2) is 5.76 Å². The molecule has 4 nitrogen and oxygen atoms in total. The second kappa shape index (κ2) is 3.71. The third-order valence-corrected chi connectivity index (χ3v) is 2.26. The fourth-order valence-corrected chi connectivity index (χ4v) is 1.38. The van der Waals surface area contributed by atoms with Gasteiger partial charge in [0.2, 0.25) is 5.78 Å². The Balaban J connectivity index is 2.39. The van der Waals surface area contributed by atoms with E-state index in [1.807, 2.05) is 0 Å². The summed E-state index contributed by atoms with van der Waals surface area (Å²) in [4.78, 5) is 19.3. The van der Waals surface area contributed by atoms with E-state index in [0.29, 0.717) is 10.2 Å². The van der Waals surface area contributed by atoms with Crippen LogP contribution in [0.1, 0.15) is 16.2 Å². The van der Waals surface area contributed by atoms with Gasteiger partial charge in [0, 0.05) is 6.20 Å². The van der Waals surface area contributed by atoms with E-state index in [1.165, 1.54) is 24.9 Å². The maximum atomic E-state index is 11.7. The highest BCUT2D eigenvalue weighted by molar-refractivity contribution is 9.10. The molecule has 0 fully saturated rings. The van der Waals surface area contributed by atoms with Crippen LogP contribution in [0.5, 0.6) is 0 Å². The molecular weight excluding hydrogens is 248 g/mol. The van der Waals surface area contributed by atoms with Crippen LogP contribution in [-0.4, -0.2) is 15.8 Å². The van der Waals surface area contributed by atoms with Crippen LogP contribution in [-0.2, 0) is 0 Å². The van der Waals surface area contributed by atoms with Crippen molar-refractivity contribution >= 4 is 21.7 Å². The number of halogens is 1. The van der Waals surface area contributed by atoms with Crippen LogP contribution in [0.3, 0.4) is 0 Å². The summed E-state index contributed by atoms with van der Waals surface area (Å²) in [6.45, 7) is 0. The summed E-state index contributed by atoms with van der Waals surface area (Å²) in [6.07, 6.45) is 4.28. The first-order valence-electron chi connectivity index (χ1n) is 3.83. The van der Waals surface area contributed by atoms with Gasteiger partial charge in [0.25, 0.3) is 0 Å². The summed E-state index contributed by atoms with van der Waals surface area (Å²) in [7, 11) is 0. The smallest absolute Gasteiger partial charge is 0.247 e. The van der Waals surface area contributed by atoms with Crippen LogP contribution >= 0.6 is 15.9 Å². The molecule has 2 heterocycles. The van der Waals surface area contributed by atoms with Gasteiger partial charge in [0.05, 0.1) is 10.7 Å². The van der Waals surface area contributed by atoms with Gasteiger partial charge in [-0.2, -0.15) is 0 Å². The second-order valence-electron chi connectivity index (χ2n) is 2.52. The molecule has 0 N–H and O–H groups in total. The molecular formula is C9H5BrN2O2. The maximum Gasteiger partial charge on any atom is 0.247 e. The van der Waals surface area contributed by atoms with Crippen LogP contribution in [0.4, 0.5) is 0 Å². The average molecular weight is 253 g/mol. The molecule has 0 unspecified atom stereocenters. The molecule has 5 heteroatoms. The normalized spacial score (nSPS) is 10.1. The Bertz CT molecular complexity index is 453. The first-order chi connectivity index (χ1) is 6.79. The lowest BCUT2D eigenvalue weighted by Crippen LogP contribution is -2.03. The van der Waals surface area contributed by atoms with Crippen molar-refractivity contribution in [2.45, 2.75) is 0 Å². The zero-order chi connectivity index (χ0) is 9.97. The molecule has 0 atom stereocenters. The molecule has 0 spiro atoms. The van der Waals surface area contributed by atoms with E-state index >= 15 is 0 Å². The van der Waals surface area contributed by atoms with Crippen molar-refractivity contribution in [3.63, 3.8) is 0 Å². The van der Waals surface area contributed by atoms with Gasteiger partial charge in [-0.3, -0.25) is 4.79 Å². The summed E-state index contributed by atoms with van der Waals surface area (Å²) in [5.74, 6) is -0.00650. The Morgan fingerprint density at radius 1 is 1.43 bits per heavy atom. The Kier molecular flexibility index (Phi) is 2.41. The second-order valence-corrected chi connectivity index (χ2v) is 3.38. The zero-order valence-corrected chi connectivity index (χ0v) is 8.56. The molecule has 0 bridgehead atoms. The standard InChI is InChI=1S/C9H5BrN2O2/c10-6-2-4-14-9(6)8(13)7-1-3-11-5-12-7/h1-5H. The van der Waals surface area contributed by atoms with Crippen molar-refractivity contribution in [3.8, 4) is 0 Å². The minimum absolute atomic E-state index is 0.253. The third-order valence-electron chi connectivity index (χ3n) is 1.64. The first-order valence-corrected chi connectivity index (χ1v) is 4.62. The highest BCUT2D eigenvalue weighted by Gasteiger charge is 2.16. The molecule has 0 amide bonds. The van der Waals surface area contributed by atoms with Crippen LogP contribution in [0, 0.1) is 0 Å². The number of hydrogen-bond donors (Lipinski definition) is 0. The Morgan fingerprint density at radius 2 is 2.29 bits per heavy atom. The van der Waals surface area contributed by atoms with Gasteiger partial charge in [-0.1, -0.05) is 0 Å². The fraction of sp³-hybridized carbons (Fsp3) is 0.